The molecule has 18 heavy (non-hydrogen) atoms. The van der Waals surface area contributed by atoms with Gasteiger partial charge in [0.05, 0.1) is 17.4 Å². The van der Waals surface area contributed by atoms with Crippen LogP contribution < -0.4 is 5.73 Å². The molecule has 0 bridgehead atoms. The maximum Gasteiger partial charge on any atom is 0.0931 e. The van der Waals surface area contributed by atoms with Crippen molar-refractivity contribution in [1.82, 2.24) is 14.9 Å². The highest BCUT2D eigenvalue weighted by Gasteiger charge is 2.35. The number of benzene rings is 1. The molecule has 1 saturated carbocycles. The fraction of sp³-hybridized carbons (Fsp3) is 0.500. The summed E-state index contributed by atoms with van der Waals surface area (Å²) in [4.78, 5) is 9.75. The molecule has 1 atom stereocenters. The van der Waals surface area contributed by atoms with E-state index in [4.69, 9.17) is 5.73 Å². The second-order valence-electron chi connectivity index (χ2n) is 5.58. The second-order valence-corrected chi connectivity index (χ2v) is 5.58. The summed E-state index contributed by atoms with van der Waals surface area (Å²) in [6, 6.07) is 7.36. The predicted octanol–water partition coefficient (Wildman–Crippen LogP) is 1.90. The monoisotopic (exact) mass is 244 g/mol. The number of hydrogen-bond acceptors (Lipinski definition) is 3. The van der Waals surface area contributed by atoms with E-state index < -0.39 is 0 Å². The maximum atomic E-state index is 5.92. The van der Waals surface area contributed by atoms with Gasteiger partial charge in [-0.25, -0.2) is 4.98 Å². The van der Waals surface area contributed by atoms with Crippen LogP contribution in [0, 0.1) is 5.92 Å². The third kappa shape index (κ3) is 1.91. The van der Waals surface area contributed by atoms with Crippen molar-refractivity contribution in [3.05, 3.63) is 30.1 Å². The van der Waals surface area contributed by atoms with Crippen LogP contribution in [0.15, 0.2) is 24.5 Å². The van der Waals surface area contributed by atoms with E-state index in [2.05, 4.69) is 47.2 Å². The minimum atomic E-state index is 0.397. The quantitative estimate of drug-likeness (QED) is 0.867. The number of fused-ring (bicyclic) bond motifs is 1. The lowest BCUT2D eigenvalue weighted by Crippen LogP contribution is -2.43. The third-order valence-electron chi connectivity index (χ3n) is 4.00. The Labute approximate surface area is 107 Å². The van der Waals surface area contributed by atoms with E-state index >= 15 is 0 Å². The van der Waals surface area contributed by atoms with Crippen LogP contribution in [0.5, 0.6) is 0 Å². The van der Waals surface area contributed by atoms with Gasteiger partial charge in [-0.2, -0.15) is 0 Å². The SMILES string of the molecule is CN(C)C(c1ccc2nc[nH]c2c1)C1CC(N)C1. The molecule has 4 heteroatoms. The van der Waals surface area contributed by atoms with Crippen molar-refractivity contribution >= 4 is 11.0 Å². The van der Waals surface area contributed by atoms with Gasteiger partial charge in [0.25, 0.3) is 0 Å². The van der Waals surface area contributed by atoms with Crippen molar-refractivity contribution in [2.75, 3.05) is 14.1 Å². The van der Waals surface area contributed by atoms with Crippen LogP contribution in [0.3, 0.4) is 0 Å². The van der Waals surface area contributed by atoms with Gasteiger partial charge < -0.3 is 15.6 Å². The summed E-state index contributed by atoms with van der Waals surface area (Å²) >= 11 is 0. The summed E-state index contributed by atoms with van der Waals surface area (Å²) in [5.74, 6) is 0.676. The summed E-state index contributed by atoms with van der Waals surface area (Å²) in [6.07, 6.45) is 4.01. The Morgan fingerprint density at radius 2 is 2.17 bits per heavy atom. The minimum absolute atomic E-state index is 0.397. The van der Waals surface area contributed by atoms with Gasteiger partial charge in [0.1, 0.15) is 0 Å². The molecule has 1 aromatic heterocycles. The predicted molar refractivity (Wildman–Crippen MR) is 73.2 cm³/mol. The lowest BCUT2D eigenvalue weighted by molar-refractivity contribution is 0.123. The first kappa shape index (κ1) is 11.7. The summed E-state index contributed by atoms with van der Waals surface area (Å²) in [5.41, 5.74) is 9.42. The number of nitrogens with zero attached hydrogens (tertiary/aromatic N) is 2. The van der Waals surface area contributed by atoms with Crippen molar-refractivity contribution in [3.8, 4) is 0 Å². The zero-order valence-corrected chi connectivity index (χ0v) is 10.9. The number of nitrogens with two attached hydrogens (primary N) is 1. The van der Waals surface area contributed by atoms with Crippen molar-refractivity contribution in [3.63, 3.8) is 0 Å². The Hall–Kier alpha value is -1.39. The highest BCUT2D eigenvalue weighted by molar-refractivity contribution is 5.75. The number of nitrogens with one attached hydrogen (secondary N) is 1. The number of rotatable bonds is 3. The first-order chi connectivity index (χ1) is 8.65. The number of H-pyrrole nitrogens is 1. The Morgan fingerprint density at radius 1 is 1.39 bits per heavy atom. The Kier molecular flexibility index (Phi) is 2.84. The molecule has 2 aromatic rings. The molecule has 1 aromatic carbocycles. The van der Waals surface area contributed by atoms with Crippen LogP contribution in [0.25, 0.3) is 11.0 Å². The van der Waals surface area contributed by atoms with Crippen LogP contribution in [-0.4, -0.2) is 35.0 Å². The summed E-state index contributed by atoms with van der Waals surface area (Å²) in [5, 5.41) is 0. The molecule has 0 radical (unpaired) electrons. The molecule has 1 unspecified atom stereocenters. The van der Waals surface area contributed by atoms with E-state index in [-0.39, 0.29) is 0 Å². The van der Waals surface area contributed by atoms with Gasteiger partial charge in [0.2, 0.25) is 0 Å². The van der Waals surface area contributed by atoms with E-state index in [0.717, 1.165) is 23.9 Å². The van der Waals surface area contributed by atoms with Gasteiger partial charge in [-0.3, -0.25) is 0 Å². The molecule has 4 nitrogen and oxygen atoms in total. The summed E-state index contributed by atoms with van der Waals surface area (Å²) < 4.78 is 0. The average molecular weight is 244 g/mol. The molecule has 1 heterocycles. The van der Waals surface area contributed by atoms with E-state index in [1.165, 1.54) is 5.56 Å². The molecule has 3 rings (SSSR count). The lowest BCUT2D eigenvalue weighted by atomic mass is 9.73. The second kappa shape index (κ2) is 4.37. The van der Waals surface area contributed by atoms with Gasteiger partial charge in [-0.1, -0.05) is 6.07 Å². The highest BCUT2D eigenvalue weighted by atomic mass is 15.1. The first-order valence-corrected chi connectivity index (χ1v) is 6.50. The van der Waals surface area contributed by atoms with Crippen molar-refractivity contribution in [2.24, 2.45) is 11.7 Å². The molecule has 3 N–H and O–H groups in total. The standard InChI is InChI=1S/C14H20N4/c1-18(2)14(10-5-11(15)6-10)9-3-4-12-13(7-9)17-8-16-12/h3-4,7-8,10-11,14H,5-6,15H2,1-2H3,(H,16,17). The Bertz CT molecular complexity index is 539. The van der Waals surface area contributed by atoms with Crippen LogP contribution in [0.4, 0.5) is 0 Å². The fourth-order valence-corrected chi connectivity index (χ4v) is 3.10. The van der Waals surface area contributed by atoms with Gasteiger partial charge in [-0.15, -0.1) is 0 Å². The van der Waals surface area contributed by atoms with Gasteiger partial charge in [0, 0.05) is 12.1 Å². The zero-order valence-electron chi connectivity index (χ0n) is 10.9. The zero-order chi connectivity index (χ0) is 12.7. The van der Waals surface area contributed by atoms with Crippen molar-refractivity contribution in [1.29, 1.82) is 0 Å². The van der Waals surface area contributed by atoms with Crippen LogP contribution in [-0.2, 0) is 0 Å². The smallest absolute Gasteiger partial charge is 0.0931 e. The average Bonchev–Trinajstić information content (AvgIpc) is 2.73. The summed E-state index contributed by atoms with van der Waals surface area (Å²) in [7, 11) is 4.29. The Morgan fingerprint density at radius 3 is 2.83 bits per heavy atom. The topological polar surface area (TPSA) is 57.9 Å². The van der Waals surface area contributed by atoms with Crippen LogP contribution >= 0.6 is 0 Å². The normalized spacial score (nSPS) is 25.3. The molecular weight excluding hydrogens is 224 g/mol. The number of hydrogen-bond donors (Lipinski definition) is 2. The van der Waals surface area contributed by atoms with Gasteiger partial charge in [0.15, 0.2) is 0 Å². The first-order valence-electron chi connectivity index (χ1n) is 6.50. The van der Waals surface area contributed by atoms with Crippen LogP contribution in [0.1, 0.15) is 24.4 Å². The Balaban J connectivity index is 1.93. The van der Waals surface area contributed by atoms with Crippen molar-refractivity contribution < 1.29 is 0 Å². The van der Waals surface area contributed by atoms with Crippen molar-refractivity contribution in [2.45, 2.75) is 24.9 Å². The molecule has 1 fully saturated rings. The number of imidazole rings is 1. The molecule has 1 aliphatic rings. The minimum Gasteiger partial charge on any atom is -0.345 e. The van der Waals surface area contributed by atoms with E-state index in [0.29, 0.717) is 18.0 Å². The third-order valence-corrected chi connectivity index (χ3v) is 4.00. The van der Waals surface area contributed by atoms with E-state index in [9.17, 15) is 0 Å². The van der Waals surface area contributed by atoms with Crippen LogP contribution in [0.2, 0.25) is 0 Å². The highest BCUT2D eigenvalue weighted by Crippen LogP contribution is 2.40. The largest absolute Gasteiger partial charge is 0.345 e. The van der Waals surface area contributed by atoms with E-state index in [1.54, 1.807) is 6.33 Å². The number of aromatic nitrogens is 2. The molecule has 0 spiro atoms. The fourth-order valence-electron chi connectivity index (χ4n) is 3.10. The van der Waals surface area contributed by atoms with E-state index in [1.807, 2.05) is 0 Å². The molecule has 96 valence electrons. The molecular formula is C14H20N4. The molecule has 1 aliphatic carbocycles. The number of aromatic amines is 1. The lowest BCUT2D eigenvalue weighted by Gasteiger charge is -2.41. The summed E-state index contributed by atoms with van der Waals surface area (Å²) in [6.45, 7) is 0. The molecule has 0 saturated heterocycles. The molecule has 0 amide bonds. The maximum absolute atomic E-state index is 5.92. The van der Waals surface area contributed by atoms with Gasteiger partial charge >= 0.3 is 0 Å². The van der Waals surface area contributed by atoms with Gasteiger partial charge in [-0.05, 0) is 50.6 Å². The molecule has 0 aliphatic heterocycles.